The Morgan fingerprint density at radius 2 is 1.36 bits per heavy atom. The summed E-state index contributed by atoms with van der Waals surface area (Å²) in [5, 5.41) is -0.0305. The summed E-state index contributed by atoms with van der Waals surface area (Å²) in [7, 11) is 1.39. The molecule has 0 aliphatic carbocycles. The molecular weight excluding hydrogens is 399 g/mol. The number of halogens is 7. The quantitative estimate of drug-likeness (QED) is 0.377. The van der Waals surface area contributed by atoms with Crippen molar-refractivity contribution < 1.29 is 13.5 Å². The molecule has 0 unspecified atom stereocenters. The van der Waals surface area contributed by atoms with Crippen molar-refractivity contribution in [3.63, 3.8) is 0 Å². The monoisotopic (exact) mass is 404 g/mol. The van der Waals surface area contributed by atoms with Gasteiger partial charge in [-0.25, -0.2) is 8.78 Å². The molecule has 0 aliphatic heterocycles. The van der Waals surface area contributed by atoms with E-state index in [0.717, 1.165) is 0 Å². The summed E-state index contributed by atoms with van der Waals surface area (Å²) >= 11 is 30.3. The smallest absolute Gasteiger partial charge is 0.263 e. The van der Waals surface area contributed by atoms with Gasteiger partial charge in [-0.2, -0.15) is 0 Å². The predicted octanol–water partition coefficient (Wildman–Crippen LogP) is 7.57. The van der Waals surface area contributed by atoms with E-state index in [0.29, 0.717) is 5.75 Å². The van der Waals surface area contributed by atoms with Crippen molar-refractivity contribution in [3.05, 3.63) is 48.9 Å². The Hall–Kier alpha value is -0.450. The van der Waals surface area contributed by atoms with E-state index < -0.39 is 6.43 Å². The number of methoxy groups -OCH3 is 1. The van der Waals surface area contributed by atoms with Gasteiger partial charge in [-0.1, -0.05) is 58.0 Å². The Labute approximate surface area is 150 Å². The maximum absolute atomic E-state index is 12.9. The lowest BCUT2D eigenvalue weighted by molar-refractivity contribution is 0.151. The fourth-order valence-corrected chi connectivity index (χ4v) is 3.24. The molecule has 1 nitrogen and oxygen atoms in total. The average molecular weight is 406 g/mol. The van der Waals surface area contributed by atoms with E-state index in [2.05, 4.69) is 0 Å². The van der Waals surface area contributed by atoms with Gasteiger partial charge in [0.25, 0.3) is 6.43 Å². The topological polar surface area (TPSA) is 9.23 Å². The average Bonchev–Trinajstić information content (AvgIpc) is 2.51. The maximum atomic E-state index is 12.9. The van der Waals surface area contributed by atoms with Crippen molar-refractivity contribution in [1.29, 1.82) is 0 Å². The zero-order valence-electron chi connectivity index (χ0n) is 10.9. The third-order valence-electron chi connectivity index (χ3n) is 2.95. The van der Waals surface area contributed by atoms with Crippen molar-refractivity contribution in [2.24, 2.45) is 0 Å². The van der Waals surface area contributed by atoms with Gasteiger partial charge < -0.3 is 4.74 Å². The van der Waals surface area contributed by atoms with Crippen LogP contribution in [0.25, 0.3) is 11.1 Å². The van der Waals surface area contributed by atoms with Crippen LogP contribution in [-0.4, -0.2) is 7.11 Å². The summed E-state index contributed by atoms with van der Waals surface area (Å²) < 4.78 is 31.1. The minimum Gasteiger partial charge on any atom is -0.496 e. The fraction of sp³-hybridized carbons (Fsp3) is 0.143. The standard InChI is InChI=1S/C14H7Cl5F2O/c1-22-7-3-2-5(14(20)21)4-6(7)8-9(15)11(17)13(19)12(18)10(8)16/h2-4,14H,1H3. The van der Waals surface area contributed by atoms with Gasteiger partial charge in [0, 0.05) is 16.7 Å². The zero-order chi connectivity index (χ0) is 16.6. The third kappa shape index (κ3) is 3.10. The molecule has 0 aliphatic rings. The minimum absolute atomic E-state index is 0.00535. The van der Waals surface area contributed by atoms with E-state index in [4.69, 9.17) is 62.7 Å². The summed E-state index contributed by atoms with van der Waals surface area (Å²) in [5.41, 5.74) is 0.211. The fourth-order valence-electron chi connectivity index (χ4n) is 1.90. The van der Waals surface area contributed by atoms with Gasteiger partial charge in [-0.15, -0.1) is 0 Å². The second kappa shape index (κ2) is 6.98. The van der Waals surface area contributed by atoms with Crippen LogP contribution in [0.5, 0.6) is 5.75 Å². The lowest BCUT2D eigenvalue weighted by Gasteiger charge is -2.16. The Bertz CT molecular complexity index is 705. The molecule has 2 aromatic rings. The first kappa shape index (κ1) is 17.9. The largest absolute Gasteiger partial charge is 0.496 e. The van der Waals surface area contributed by atoms with Crippen LogP contribution < -0.4 is 4.74 Å². The molecule has 0 aromatic heterocycles. The van der Waals surface area contributed by atoms with Gasteiger partial charge in [0.1, 0.15) is 5.75 Å². The second-order valence-electron chi connectivity index (χ2n) is 4.21. The Balaban J connectivity index is 2.84. The van der Waals surface area contributed by atoms with Crippen LogP contribution in [0.2, 0.25) is 25.1 Å². The highest BCUT2D eigenvalue weighted by molar-refractivity contribution is 6.56. The molecular formula is C14H7Cl5F2O. The minimum atomic E-state index is -2.67. The van der Waals surface area contributed by atoms with Crippen LogP contribution >= 0.6 is 58.0 Å². The van der Waals surface area contributed by atoms with Gasteiger partial charge in [0.05, 0.1) is 32.2 Å². The number of hydrogen-bond donors (Lipinski definition) is 0. The van der Waals surface area contributed by atoms with Gasteiger partial charge in [-0.05, 0) is 18.2 Å². The van der Waals surface area contributed by atoms with Crippen LogP contribution in [0.15, 0.2) is 18.2 Å². The van der Waals surface area contributed by atoms with Crippen molar-refractivity contribution >= 4 is 58.0 Å². The molecule has 2 rings (SSSR count). The maximum Gasteiger partial charge on any atom is 0.263 e. The summed E-state index contributed by atoms with van der Waals surface area (Å²) in [6.07, 6.45) is -2.67. The van der Waals surface area contributed by atoms with E-state index in [1.807, 2.05) is 0 Å². The number of rotatable bonds is 3. The molecule has 8 heteroatoms. The van der Waals surface area contributed by atoms with Crippen LogP contribution in [0.4, 0.5) is 8.78 Å². The summed E-state index contributed by atoms with van der Waals surface area (Å²) in [6, 6.07) is 3.85. The molecule has 0 radical (unpaired) electrons. The van der Waals surface area contributed by atoms with Crippen LogP contribution in [-0.2, 0) is 0 Å². The van der Waals surface area contributed by atoms with E-state index in [1.165, 1.54) is 25.3 Å². The highest BCUT2D eigenvalue weighted by Gasteiger charge is 2.23. The second-order valence-corrected chi connectivity index (χ2v) is 6.10. The van der Waals surface area contributed by atoms with Crippen molar-refractivity contribution in [3.8, 4) is 16.9 Å². The summed E-state index contributed by atoms with van der Waals surface area (Å²) in [5.74, 6) is 0.294. The highest BCUT2D eigenvalue weighted by Crippen LogP contribution is 2.50. The number of alkyl halides is 2. The molecule has 0 atom stereocenters. The molecule has 0 heterocycles. The number of hydrogen-bond acceptors (Lipinski definition) is 1. The van der Waals surface area contributed by atoms with Crippen LogP contribution in [0, 0.1) is 0 Å². The Morgan fingerprint density at radius 3 is 1.82 bits per heavy atom. The third-order valence-corrected chi connectivity index (χ3v) is 5.23. The molecule has 0 fully saturated rings. The molecule has 22 heavy (non-hydrogen) atoms. The molecule has 0 bridgehead atoms. The van der Waals surface area contributed by atoms with E-state index >= 15 is 0 Å². The molecule has 0 amide bonds. The van der Waals surface area contributed by atoms with Gasteiger partial charge in [0.15, 0.2) is 0 Å². The lowest BCUT2D eigenvalue weighted by Crippen LogP contribution is -1.94. The van der Waals surface area contributed by atoms with Crippen molar-refractivity contribution in [1.82, 2.24) is 0 Å². The molecule has 0 saturated heterocycles. The first-order valence-corrected chi connectivity index (χ1v) is 7.66. The Kier molecular flexibility index (Phi) is 5.68. The summed E-state index contributed by atoms with van der Waals surface area (Å²) in [6.45, 7) is 0. The lowest BCUT2D eigenvalue weighted by atomic mass is 10.0. The molecule has 0 N–H and O–H groups in total. The normalized spacial score (nSPS) is 11.1. The number of benzene rings is 2. The molecule has 0 saturated carbocycles. The van der Waals surface area contributed by atoms with Gasteiger partial charge in [0.2, 0.25) is 0 Å². The van der Waals surface area contributed by atoms with Crippen molar-refractivity contribution in [2.75, 3.05) is 7.11 Å². The van der Waals surface area contributed by atoms with E-state index in [1.54, 1.807) is 0 Å². The molecule has 0 spiro atoms. The van der Waals surface area contributed by atoms with Gasteiger partial charge >= 0.3 is 0 Å². The Morgan fingerprint density at radius 1 is 0.864 bits per heavy atom. The molecule has 118 valence electrons. The van der Waals surface area contributed by atoms with E-state index in [-0.39, 0.29) is 41.8 Å². The number of ether oxygens (including phenoxy) is 1. The predicted molar refractivity (Wildman–Crippen MR) is 88.4 cm³/mol. The van der Waals surface area contributed by atoms with Crippen molar-refractivity contribution in [2.45, 2.75) is 6.43 Å². The zero-order valence-corrected chi connectivity index (χ0v) is 14.6. The van der Waals surface area contributed by atoms with Gasteiger partial charge in [-0.3, -0.25) is 0 Å². The van der Waals surface area contributed by atoms with Crippen LogP contribution in [0.1, 0.15) is 12.0 Å². The van der Waals surface area contributed by atoms with E-state index in [9.17, 15) is 8.78 Å². The SMILES string of the molecule is COc1ccc(C(F)F)cc1-c1c(Cl)c(Cl)c(Cl)c(Cl)c1Cl. The first-order valence-electron chi connectivity index (χ1n) is 5.77. The van der Waals surface area contributed by atoms with Crippen LogP contribution in [0.3, 0.4) is 0 Å². The highest BCUT2D eigenvalue weighted by atomic mass is 35.5. The molecule has 2 aromatic carbocycles. The summed E-state index contributed by atoms with van der Waals surface area (Å²) in [4.78, 5) is 0. The first-order chi connectivity index (χ1) is 10.3.